The van der Waals surface area contributed by atoms with E-state index >= 15 is 0 Å². The number of amides is 1. The fourth-order valence-corrected chi connectivity index (χ4v) is 2.28. The molecular weight excluding hydrogens is 385 g/mol. The first-order valence-corrected chi connectivity index (χ1v) is 7.81. The SMILES string of the molecule is CCOc1cc(C(=O)Nc2ccccc2OC(F)(F)F)c([N+](=O)[O-])cc1OC. The Kier molecular flexibility index (Phi) is 6.29. The Bertz CT molecular complexity index is 886. The van der Waals surface area contributed by atoms with Crippen LogP contribution >= 0.6 is 0 Å². The van der Waals surface area contributed by atoms with Gasteiger partial charge < -0.3 is 19.5 Å². The second-order valence-corrected chi connectivity index (χ2v) is 5.21. The first kappa shape index (κ1) is 20.8. The molecule has 11 heteroatoms. The van der Waals surface area contributed by atoms with Gasteiger partial charge in [0.25, 0.3) is 11.6 Å². The molecule has 0 saturated carbocycles. The van der Waals surface area contributed by atoms with Crippen molar-refractivity contribution >= 4 is 17.3 Å². The van der Waals surface area contributed by atoms with Crippen LogP contribution in [0.2, 0.25) is 0 Å². The summed E-state index contributed by atoms with van der Waals surface area (Å²) in [6.07, 6.45) is -4.98. The molecule has 0 bridgehead atoms. The third-order valence-electron chi connectivity index (χ3n) is 3.38. The Hall–Kier alpha value is -3.50. The van der Waals surface area contributed by atoms with Gasteiger partial charge in [0.15, 0.2) is 17.2 Å². The average Bonchev–Trinajstić information content (AvgIpc) is 2.61. The molecule has 0 fully saturated rings. The standard InChI is InChI=1S/C17H15F3N2O6/c1-3-27-15-8-10(12(22(24)25)9-14(15)26-2)16(23)21-11-6-4-5-7-13(11)28-17(18,19)20/h4-9H,3H2,1-2H3,(H,21,23). The summed E-state index contributed by atoms with van der Waals surface area (Å²) in [7, 11) is 1.27. The van der Waals surface area contributed by atoms with E-state index in [1.165, 1.54) is 19.2 Å². The largest absolute Gasteiger partial charge is 0.573 e. The number of nitrogens with one attached hydrogen (secondary N) is 1. The molecule has 2 aromatic carbocycles. The number of anilines is 1. The lowest BCUT2D eigenvalue weighted by molar-refractivity contribution is -0.385. The van der Waals surface area contributed by atoms with Crippen molar-refractivity contribution < 1.29 is 37.1 Å². The second kappa shape index (κ2) is 8.46. The second-order valence-electron chi connectivity index (χ2n) is 5.21. The molecule has 2 aromatic rings. The van der Waals surface area contributed by atoms with E-state index in [0.29, 0.717) is 0 Å². The number of methoxy groups -OCH3 is 1. The van der Waals surface area contributed by atoms with E-state index in [-0.39, 0.29) is 23.8 Å². The Morgan fingerprint density at radius 1 is 1.18 bits per heavy atom. The minimum atomic E-state index is -4.98. The molecule has 0 aliphatic heterocycles. The zero-order valence-corrected chi connectivity index (χ0v) is 14.7. The van der Waals surface area contributed by atoms with Crippen LogP contribution in [-0.4, -0.2) is 30.9 Å². The number of nitro benzene ring substituents is 1. The van der Waals surface area contributed by atoms with E-state index in [2.05, 4.69) is 10.1 Å². The molecule has 2 rings (SSSR count). The van der Waals surface area contributed by atoms with Crippen LogP contribution in [0.5, 0.6) is 17.2 Å². The van der Waals surface area contributed by atoms with Gasteiger partial charge in [0.2, 0.25) is 0 Å². The van der Waals surface area contributed by atoms with Crippen molar-refractivity contribution in [3.63, 3.8) is 0 Å². The monoisotopic (exact) mass is 400 g/mol. The van der Waals surface area contributed by atoms with Gasteiger partial charge >= 0.3 is 6.36 Å². The zero-order valence-electron chi connectivity index (χ0n) is 14.7. The van der Waals surface area contributed by atoms with Crippen molar-refractivity contribution in [3.8, 4) is 17.2 Å². The molecule has 0 heterocycles. The van der Waals surface area contributed by atoms with Crippen molar-refractivity contribution in [2.45, 2.75) is 13.3 Å². The van der Waals surface area contributed by atoms with Gasteiger partial charge in [0.1, 0.15) is 5.56 Å². The molecule has 1 amide bonds. The highest BCUT2D eigenvalue weighted by atomic mass is 19.4. The summed E-state index contributed by atoms with van der Waals surface area (Å²) in [6.45, 7) is 1.85. The normalized spacial score (nSPS) is 10.9. The molecule has 28 heavy (non-hydrogen) atoms. The van der Waals surface area contributed by atoms with Crippen molar-refractivity contribution in [1.82, 2.24) is 0 Å². The number of carbonyl (C=O) groups excluding carboxylic acids is 1. The highest BCUT2D eigenvalue weighted by Crippen LogP contribution is 2.36. The van der Waals surface area contributed by atoms with E-state index in [4.69, 9.17) is 9.47 Å². The van der Waals surface area contributed by atoms with E-state index in [1.807, 2.05) is 0 Å². The van der Waals surface area contributed by atoms with Gasteiger partial charge in [-0.05, 0) is 19.1 Å². The van der Waals surface area contributed by atoms with Crippen LogP contribution in [0.1, 0.15) is 17.3 Å². The number of alkyl halides is 3. The summed E-state index contributed by atoms with van der Waals surface area (Å²) in [4.78, 5) is 23.1. The summed E-state index contributed by atoms with van der Waals surface area (Å²) in [5, 5.41) is 13.5. The number of carbonyl (C=O) groups is 1. The van der Waals surface area contributed by atoms with Gasteiger partial charge in [0.05, 0.1) is 30.4 Å². The molecule has 0 aliphatic rings. The lowest BCUT2D eigenvalue weighted by Gasteiger charge is -2.15. The lowest BCUT2D eigenvalue weighted by atomic mass is 10.1. The number of nitro groups is 1. The molecule has 0 saturated heterocycles. The molecule has 0 unspecified atom stereocenters. The molecular formula is C17H15F3N2O6. The Morgan fingerprint density at radius 3 is 2.43 bits per heavy atom. The number of para-hydroxylation sites is 2. The maximum Gasteiger partial charge on any atom is 0.573 e. The fraction of sp³-hybridized carbons (Fsp3) is 0.235. The van der Waals surface area contributed by atoms with E-state index < -0.39 is 34.2 Å². The Labute approximate surface area is 157 Å². The van der Waals surface area contributed by atoms with Crippen molar-refractivity contribution in [1.29, 1.82) is 0 Å². The fourth-order valence-electron chi connectivity index (χ4n) is 2.28. The molecule has 0 spiro atoms. The molecule has 0 radical (unpaired) electrons. The number of benzene rings is 2. The maximum atomic E-state index is 12.6. The summed E-state index contributed by atoms with van der Waals surface area (Å²) < 4.78 is 51.7. The molecule has 0 atom stereocenters. The van der Waals surface area contributed by atoms with Gasteiger partial charge in [-0.2, -0.15) is 0 Å². The number of hydrogen-bond donors (Lipinski definition) is 1. The van der Waals surface area contributed by atoms with Gasteiger partial charge in [-0.25, -0.2) is 0 Å². The van der Waals surface area contributed by atoms with Crippen LogP contribution in [-0.2, 0) is 0 Å². The van der Waals surface area contributed by atoms with Gasteiger partial charge in [-0.1, -0.05) is 12.1 Å². The highest BCUT2D eigenvalue weighted by molar-refractivity contribution is 6.08. The molecule has 0 aliphatic carbocycles. The van der Waals surface area contributed by atoms with E-state index in [1.54, 1.807) is 6.92 Å². The Morgan fingerprint density at radius 2 is 1.86 bits per heavy atom. The van der Waals surface area contributed by atoms with Crippen LogP contribution in [0.15, 0.2) is 36.4 Å². The first-order chi connectivity index (χ1) is 13.2. The topological polar surface area (TPSA) is 99.9 Å². The Balaban J connectivity index is 2.44. The van der Waals surface area contributed by atoms with Crippen LogP contribution in [0.3, 0.4) is 0 Å². The van der Waals surface area contributed by atoms with Gasteiger partial charge in [-0.15, -0.1) is 13.2 Å². The molecule has 0 aromatic heterocycles. The number of ether oxygens (including phenoxy) is 3. The summed E-state index contributed by atoms with van der Waals surface area (Å²) in [5.74, 6) is -1.58. The summed E-state index contributed by atoms with van der Waals surface area (Å²) >= 11 is 0. The zero-order chi connectivity index (χ0) is 20.9. The minimum absolute atomic E-state index is 0.0332. The predicted molar refractivity (Wildman–Crippen MR) is 91.9 cm³/mol. The minimum Gasteiger partial charge on any atom is -0.493 e. The highest BCUT2D eigenvalue weighted by Gasteiger charge is 2.32. The van der Waals surface area contributed by atoms with Crippen molar-refractivity contribution in [2.75, 3.05) is 19.0 Å². The summed E-state index contributed by atoms with van der Waals surface area (Å²) in [5.41, 5.74) is -1.34. The van der Waals surface area contributed by atoms with Crippen LogP contribution in [0.4, 0.5) is 24.5 Å². The number of hydrogen-bond acceptors (Lipinski definition) is 6. The van der Waals surface area contributed by atoms with Crippen LogP contribution in [0.25, 0.3) is 0 Å². The first-order valence-electron chi connectivity index (χ1n) is 7.81. The van der Waals surface area contributed by atoms with Crippen molar-refractivity contribution in [2.24, 2.45) is 0 Å². The van der Waals surface area contributed by atoms with E-state index in [9.17, 15) is 28.1 Å². The van der Waals surface area contributed by atoms with Gasteiger partial charge in [0, 0.05) is 6.07 Å². The average molecular weight is 400 g/mol. The smallest absolute Gasteiger partial charge is 0.493 e. The lowest BCUT2D eigenvalue weighted by Crippen LogP contribution is -2.20. The number of nitrogens with zero attached hydrogens (tertiary/aromatic N) is 1. The van der Waals surface area contributed by atoms with Crippen molar-refractivity contribution in [3.05, 3.63) is 52.1 Å². The van der Waals surface area contributed by atoms with Gasteiger partial charge in [-0.3, -0.25) is 14.9 Å². The molecule has 1 N–H and O–H groups in total. The third kappa shape index (κ3) is 5.02. The summed E-state index contributed by atoms with van der Waals surface area (Å²) in [6, 6.07) is 6.89. The third-order valence-corrected chi connectivity index (χ3v) is 3.38. The van der Waals surface area contributed by atoms with E-state index in [0.717, 1.165) is 24.3 Å². The quantitative estimate of drug-likeness (QED) is 0.554. The van der Waals surface area contributed by atoms with Crippen LogP contribution < -0.4 is 19.5 Å². The number of halogens is 3. The van der Waals surface area contributed by atoms with Crippen LogP contribution in [0, 0.1) is 10.1 Å². The predicted octanol–water partition coefficient (Wildman–Crippen LogP) is 4.15. The maximum absolute atomic E-state index is 12.6. The molecule has 8 nitrogen and oxygen atoms in total. The molecule has 150 valence electrons. The number of rotatable bonds is 7.